The fraction of sp³-hybridized carbons (Fsp3) is 0.0556. The van der Waals surface area contributed by atoms with E-state index in [0.29, 0.717) is 11.7 Å². The van der Waals surface area contributed by atoms with Crippen LogP contribution in [0.15, 0.2) is 84.1 Å². The van der Waals surface area contributed by atoms with E-state index in [4.69, 9.17) is 12.2 Å². The Labute approximate surface area is 140 Å². The molecule has 3 rings (SSSR count). The molecule has 1 aromatic heterocycles. The lowest BCUT2D eigenvalue weighted by molar-refractivity contribution is 0.831. The first-order chi connectivity index (χ1) is 11.3. The van der Waals surface area contributed by atoms with Gasteiger partial charge in [-0.05, 0) is 36.0 Å². The van der Waals surface area contributed by atoms with Crippen LogP contribution in [0.4, 0.5) is 0 Å². The van der Waals surface area contributed by atoms with Crippen molar-refractivity contribution >= 4 is 17.3 Å². The van der Waals surface area contributed by atoms with Gasteiger partial charge in [-0.25, -0.2) is 9.67 Å². The van der Waals surface area contributed by atoms with Crippen LogP contribution in [0.5, 0.6) is 0 Å². The summed E-state index contributed by atoms with van der Waals surface area (Å²) in [6.07, 6.45) is 3.57. The molecule has 0 spiro atoms. The summed E-state index contributed by atoms with van der Waals surface area (Å²) in [4.78, 5) is 4.35. The maximum Gasteiger partial charge on any atom is 0.193 e. The van der Waals surface area contributed by atoms with Crippen molar-refractivity contribution in [1.29, 1.82) is 0 Å². The van der Waals surface area contributed by atoms with Crippen LogP contribution in [0.25, 0.3) is 5.69 Å². The standard InChI is InChI=1S/C18H16N4S/c23-18(19-13-15-7-3-1-4-8-15)21-16-11-12-22(20-14-16)17-9-5-2-6-10-17/h1-12,14H,13H2,(H,19,23)/b21-16+. The molecule has 0 saturated heterocycles. The summed E-state index contributed by atoms with van der Waals surface area (Å²) >= 11 is 5.25. The average molecular weight is 320 g/mol. The van der Waals surface area contributed by atoms with Crippen LogP contribution in [0.1, 0.15) is 5.56 Å². The summed E-state index contributed by atoms with van der Waals surface area (Å²) in [5.41, 5.74) is 2.17. The molecule has 0 aliphatic carbocycles. The molecule has 3 aromatic rings. The number of aromatic nitrogens is 2. The van der Waals surface area contributed by atoms with Crippen molar-refractivity contribution in [2.75, 3.05) is 0 Å². The number of nitrogens with one attached hydrogen (secondary N) is 1. The molecule has 5 heteroatoms. The van der Waals surface area contributed by atoms with E-state index in [1.165, 1.54) is 0 Å². The molecule has 1 heterocycles. The molecular formula is C18H16N4S. The van der Waals surface area contributed by atoms with Crippen LogP contribution in [0, 0.1) is 0 Å². The van der Waals surface area contributed by atoms with Gasteiger partial charge in [0.25, 0.3) is 0 Å². The predicted molar refractivity (Wildman–Crippen MR) is 95.0 cm³/mol. The van der Waals surface area contributed by atoms with Crippen molar-refractivity contribution in [3.63, 3.8) is 0 Å². The van der Waals surface area contributed by atoms with Gasteiger partial charge >= 0.3 is 0 Å². The number of nitrogens with zero attached hydrogens (tertiary/aromatic N) is 3. The first kappa shape index (κ1) is 15.1. The van der Waals surface area contributed by atoms with E-state index in [2.05, 4.69) is 15.4 Å². The van der Waals surface area contributed by atoms with Crippen LogP contribution in [-0.2, 0) is 6.54 Å². The molecule has 0 amide bonds. The van der Waals surface area contributed by atoms with Crippen molar-refractivity contribution in [2.45, 2.75) is 6.54 Å². The van der Waals surface area contributed by atoms with Gasteiger partial charge in [-0.1, -0.05) is 48.5 Å². The average Bonchev–Trinajstić information content (AvgIpc) is 2.62. The molecule has 2 aromatic carbocycles. The van der Waals surface area contributed by atoms with E-state index in [-0.39, 0.29) is 0 Å². The number of rotatable bonds is 3. The van der Waals surface area contributed by atoms with Gasteiger partial charge in [0, 0.05) is 12.7 Å². The minimum absolute atomic E-state index is 0.452. The Balaban J connectivity index is 1.66. The minimum Gasteiger partial charge on any atom is -0.357 e. The first-order valence-corrected chi connectivity index (χ1v) is 7.69. The van der Waals surface area contributed by atoms with Crippen molar-refractivity contribution in [3.05, 3.63) is 90.0 Å². The van der Waals surface area contributed by atoms with Crippen LogP contribution < -0.4 is 10.7 Å². The highest BCUT2D eigenvalue weighted by atomic mass is 32.1. The number of thiocarbonyl (C=S) groups is 1. The van der Waals surface area contributed by atoms with E-state index in [0.717, 1.165) is 16.6 Å². The fourth-order valence-electron chi connectivity index (χ4n) is 2.08. The Kier molecular flexibility index (Phi) is 4.91. The van der Waals surface area contributed by atoms with Crippen molar-refractivity contribution in [1.82, 2.24) is 15.1 Å². The summed E-state index contributed by atoms with van der Waals surface area (Å²) < 4.78 is 1.79. The number of hydrogen-bond donors (Lipinski definition) is 1. The molecule has 0 aliphatic rings. The zero-order valence-corrected chi connectivity index (χ0v) is 13.3. The Morgan fingerprint density at radius 2 is 1.70 bits per heavy atom. The van der Waals surface area contributed by atoms with Gasteiger partial charge in [0.05, 0.1) is 17.2 Å². The first-order valence-electron chi connectivity index (χ1n) is 7.28. The third-order valence-corrected chi connectivity index (χ3v) is 3.47. The van der Waals surface area contributed by atoms with E-state index in [9.17, 15) is 0 Å². The molecule has 4 nitrogen and oxygen atoms in total. The molecule has 0 radical (unpaired) electrons. The van der Waals surface area contributed by atoms with Gasteiger partial charge in [0.15, 0.2) is 5.11 Å². The minimum atomic E-state index is 0.452. The Hall–Kier alpha value is -2.79. The number of benzene rings is 2. The Bertz CT molecular complexity index is 821. The summed E-state index contributed by atoms with van der Waals surface area (Å²) in [5.74, 6) is 0. The lowest BCUT2D eigenvalue weighted by Crippen LogP contribution is -2.22. The number of para-hydroxylation sites is 1. The zero-order valence-electron chi connectivity index (χ0n) is 12.5. The highest BCUT2D eigenvalue weighted by molar-refractivity contribution is 7.80. The molecule has 0 aliphatic heterocycles. The van der Waals surface area contributed by atoms with Crippen LogP contribution in [-0.4, -0.2) is 14.9 Å². The monoisotopic (exact) mass is 320 g/mol. The molecule has 0 fully saturated rings. The second-order valence-electron chi connectivity index (χ2n) is 4.92. The molecule has 0 unspecified atom stereocenters. The largest absolute Gasteiger partial charge is 0.357 e. The van der Waals surface area contributed by atoms with Gasteiger partial charge in [-0.2, -0.15) is 5.10 Å². The summed E-state index contributed by atoms with van der Waals surface area (Å²) in [7, 11) is 0. The highest BCUT2D eigenvalue weighted by Gasteiger charge is 1.96. The Morgan fingerprint density at radius 3 is 2.35 bits per heavy atom. The number of hydrogen-bond acceptors (Lipinski definition) is 2. The van der Waals surface area contributed by atoms with Crippen LogP contribution in [0.3, 0.4) is 0 Å². The second kappa shape index (κ2) is 7.47. The van der Waals surface area contributed by atoms with E-state index >= 15 is 0 Å². The third-order valence-electron chi connectivity index (χ3n) is 3.24. The maximum absolute atomic E-state index is 5.25. The lowest BCUT2D eigenvalue weighted by atomic mass is 10.2. The van der Waals surface area contributed by atoms with E-state index < -0.39 is 0 Å². The van der Waals surface area contributed by atoms with Gasteiger partial charge in [-0.3, -0.25) is 0 Å². The summed E-state index contributed by atoms with van der Waals surface area (Å²) in [5, 5.41) is 8.66. The quantitative estimate of drug-likeness (QED) is 0.755. The van der Waals surface area contributed by atoms with Gasteiger partial charge in [-0.15, -0.1) is 0 Å². The molecular weight excluding hydrogens is 304 g/mol. The van der Waals surface area contributed by atoms with Gasteiger partial charge in [0.2, 0.25) is 0 Å². The van der Waals surface area contributed by atoms with E-state index in [1.54, 1.807) is 10.9 Å². The van der Waals surface area contributed by atoms with Gasteiger partial charge in [0.1, 0.15) is 0 Å². The molecule has 0 atom stereocenters. The predicted octanol–water partition coefficient (Wildman–Crippen LogP) is 2.85. The van der Waals surface area contributed by atoms with Gasteiger partial charge < -0.3 is 5.32 Å². The second-order valence-corrected chi connectivity index (χ2v) is 5.31. The van der Waals surface area contributed by atoms with Crippen molar-refractivity contribution < 1.29 is 0 Å². The van der Waals surface area contributed by atoms with Crippen molar-refractivity contribution in [3.8, 4) is 5.69 Å². The molecule has 0 bridgehead atoms. The molecule has 1 N–H and O–H groups in total. The summed E-state index contributed by atoms with van der Waals surface area (Å²) in [6.45, 7) is 0.660. The fourth-order valence-corrected chi connectivity index (χ4v) is 2.26. The van der Waals surface area contributed by atoms with Crippen molar-refractivity contribution in [2.24, 2.45) is 4.99 Å². The third kappa shape index (κ3) is 4.34. The molecule has 23 heavy (non-hydrogen) atoms. The van der Waals surface area contributed by atoms with E-state index in [1.807, 2.05) is 72.9 Å². The topological polar surface area (TPSA) is 42.2 Å². The Morgan fingerprint density at radius 1 is 1.00 bits per heavy atom. The zero-order chi connectivity index (χ0) is 15.9. The normalized spacial score (nSPS) is 11.2. The SMILES string of the molecule is S=C(/N=c1\ccn(-c2ccccc2)nc1)NCc1ccccc1. The van der Waals surface area contributed by atoms with Crippen LogP contribution in [0.2, 0.25) is 0 Å². The lowest BCUT2D eigenvalue weighted by Gasteiger charge is -2.05. The van der Waals surface area contributed by atoms with Crippen LogP contribution >= 0.6 is 12.2 Å². The maximum atomic E-state index is 5.25. The smallest absolute Gasteiger partial charge is 0.193 e. The molecule has 0 saturated carbocycles. The molecule has 114 valence electrons. The highest BCUT2D eigenvalue weighted by Crippen LogP contribution is 2.02. The summed E-state index contributed by atoms with van der Waals surface area (Å²) in [6, 6.07) is 21.9.